The minimum atomic E-state index is -0.272. The second-order valence-electron chi connectivity index (χ2n) is 5.27. The first-order valence-electron chi connectivity index (χ1n) is 6.94. The third kappa shape index (κ3) is 3.42. The highest BCUT2D eigenvalue weighted by molar-refractivity contribution is 5.78. The maximum atomic E-state index is 12.1. The van der Waals surface area contributed by atoms with Crippen molar-refractivity contribution in [1.29, 1.82) is 0 Å². The zero-order valence-corrected chi connectivity index (χ0v) is 12.8. The first kappa shape index (κ1) is 15.1. The van der Waals surface area contributed by atoms with Crippen LogP contribution >= 0.6 is 0 Å². The third-order valence-electron chi connectivity index (χ3n) is 3.38. The van der Waals surface area contributed by atoms with Gasteiger partial charge in [-0.15, -0.1) is 0 Å². The van der Waals surface area contributed by atoms with Crippen molar-refractivity contribution in [3.8, 4) is 5.75 Å². The maximum Gasteiger partial charge on any atom is 0.223 e. The Balaban J connectivity index is 2.35. The van der Waals surface area contributed by atoms with Crippen LogP contribution in [0.4, 0.5) is 0 Å². The molecule has 0 aliphatic rings. The van der Waals surface area contributed by atoms with Gasteiger partial charge in [-0.1, -0.05) is 26.0 Å². The molecule has 0 aliphatic heterocycles. The predicted molar refractivity (Wildman–Crippen MR) is 81.0 cm³/mol. The van der Waals surface area contributed by atoms with E-state index in [1.165, 1.54) is 0 Å². The van der Waals surface area contributed by atoms with Gasteiger partial charge in [0, 0.05) is 25.4 Å². The summed E-state index contributed by atoms with van der Waals surface area (Å²) in [7, 11) is 3.55. The molecule has 0 aliphatic carbocycles. The summed E-state index contributed by atoms with van der Waals surface area (Å²) in [5.41, 5.74) is 0.971. The number of aryl methyl sites for hydroxylation is 1. The van der Waals surface area contributed by atoms with Crippen molar-refractivity contribution in [1.82, 2.24) is 14.9 Å². The van der Waals surface area contributed by atoms with Gasteiger partial charge in [-0.2, -0.15) is 0 Å². The summed E-state index contributed by atoms with van der Waals surface area (Å²) in [5.74, 6) is 1.51. The van der Waals surface area contributed by atoms with Crippen LogP contribution in [0.3, 0.4) is 0 Å². The summed E-state index contributed by atoms with van der Waals surface area (Å²) in [6, 6.07) is 7.38. The van der Waals surface area contributed by atoms with Gasteiger partial charge in [0.15, 0.2) is 0 Å². The highest BCUT2D eigenvalue weighted by atomic mass is 16.5. The molecule has 1 atom stereocenters. The van der Waals surface area contributed by atoms with Crippen LogP contribution in [0.25, 0.3) is 0 Å². The highest BCUT2D eigenvalue weighted by Crippen LogP contribution is 2.23. The van der Waals surface area contributed by atoms with Gasteiger partial charge in [-0.05, 0) is 17.7 Å². The number of nitrogens with one attached hydrogen (secondary N) is 1. The normalized spacial score (nSPS) is 12.2. The van der Waals surface area contributed by atoms with Crippen molar-refractivity contribution in [2.24, 2.45) is 13.0 Å². The molecule has 5 heteroatoms. The number of amides is 1. The average molecular weight is 287 g/mol. The molecule has 1 amide bonds. The molecule has 1 N–H and O–H groups in total. The number of hydrogen-bond donors (Lipinski definition) is 1. The lowest BCUT2D eigenvalue weighted by molar-refractivity contribution is -0.124. The number of hydrogen-bond acceptors (Lipinski definition) is 3. The molecular weight excluding hydrogens is 266 g/mol. The Kier molecular flexibility index (Phi) is 4.62. The van der Waals surface area contributed by atoms with E-state index in [4.69, 9.17) is 4.74 Å². The van der Waals surface area contributed by atoms with E-state index in [0.717, 1.165) is 17.1 Å². The molecule has 0 radical (unpaired) electrons. The molecule has 1 heterocycles. The number of carbonyl (C=O) groups is 1. The fourth-order valence-electron chi connectivity index (χ4n) is 2.06. The second kappa shape index (κ2) is 6.43. The van der Waals surface area contributed by atoms with Gasteiger partial charge in [0.1, 0.15) is 17.6 Å². The summed E-state index contributed by atoms with van der Waals surface area (Å²) in [6.45, 7) is 3.75. The fraction of sp³-hybridized carbons (Fsp3) is 0.375. The molecular formula is C16H21N3O2. The number of methoxy groups -OCH3 is 1. The predicted octanol–water partition coefficient (Wildman–Crippen LogP) is 2.29. The average Bonchev–Trinajstić information content (AvgIpc) is 2.90. The van der Waals surface area contributed by atoms with Crippen LogP contribution in [-0.4, -0.2) is 22.6 Å². The van der Waals surface area contributed by atoms with Gasteiger partial charge >= 0.3 is 0 Å². The molecule has 1 aromatic heterocycles. The number of ether oxygens (including phenoxy) is 1. The number of nitrogens with zero attached hydrogens (tertiary/aromatic N) is 2. The monoisotopic (exact) mass is 287 g/mol. The standard InChI is InChI=1S/C16H21N3O2/c1-11(2)16(20)18-14(15-17-9-10-19(15)3)12-5-7-13(21-4)8-6-12/h5-11,14H,1-4H3,(H,18,20). The smallest absolute Gasteiger partial charge is 0.223 e. The van der Waals surface area contributed by atoms with E-state index in [0.29, 0.717) is 0 Å². The summed E-state index contributed by atoms with van der Waals surface area (Å²) in [4.78, 5) is 16.4. The Morgan fingerprint density at radius 3 is 2.43 bits per heavy atom. The molecule has 2 aromatic rings. The second-order valence-corrected chi connectivity index (χ2v) is 5.27. The first-order valence-corrected chi connectivity index (χ1v) is 6.94. The molecule has 21 heavy (non-hydrogen) atoms. The Morgan fingerprint density at radius 2 is 1.95 bits per heavy atom. The van der Waals surface area contributed by atoms with Crippen molar-refractivity contribution in [2.45, 2.75) is 19.9 Å². The molecule has 0 saturated heterocycles. The zero-order chi connectivity index (χ0) is 15.4. The van der Waals surface area contributed by atoms with Crippen molar-refractivity contribution < 1.29 is 9.53 Å². The van der Waals surface area contributed by atoms with E-state index >= 15 is 0 Å². The fourth-order valence-corrected chi connectivity index (χ4v) is 2.06. The van der Waals surface area contributed by atoms with Crippen LogP contribution in [0.15, 0.2) is 36.7 Å². The minimum absolute atomic E-state index is 0.00109. The van der Waals surface area contributed by atoms with E-state index in [1.54, 1.807) is 13.3 Å². The summed E-state index contributed by atoms with van der Waals surface area (Å²) in [6.07, 6.45) is 3.60. The number of imidazole rings is 1. The van der Waals surface area contributed by atoms with Crippen LogP contribution in [-0.2, 0) is 11.8 Å². The van der Waals surface area contributed by atoms with Crippen LogP contribution < -0.4 is 10.1 Å². The zero-order valence-electron chi connectivity index (χ0n) is 12.8. The number of carbonyl (C=O) groups excluding carboxylic acids is 1. The Labute approximate surface area is 125 Å². The Hall–Kier alpha value is -2.30. The summed E-state index contributed by atoms with van der Waals surface area (Å²) >= 11 is 0. The molecule has 0 bridgehead atoms. The van der Waals surface area contributed by atoms with E-state index in [1.807, 2.05) is 55.9 Å². The van der Waals surface area contributed by atoms with Gasteiger partial charge < -0.3 is 14.6 Å². The molecule has 2 rings (SSSR count). The summed E-state index contributed by atoms with van der Waals surface area (Å²) < 4.78 is 7.09. The minimum Gasteiger partial charge on any atom is -0.497 e. The lowest BCUT2D eigenvalue weighted by Gasteiger charge is -2.20. The van der Waals surface area contributed by atoms with Crippen molar-refractivity contribution >= 4 is 5.91 Å². The molecule has 0 fully saturated rings. The first-order chi connectivity index (χ1) is 10.0. The quantitative estimate of drug-likeness (QED) is 0.918. The largest absolute Gasteiger partial charge is 0.497 e. The van der Waals surface area contributed by atoms with Crippen LogP contribution in [0.5, 0.6) is 5.75 Å². The van der Waals surface area contributed by atoms with Gasteiger partial charge in [0.2, 0.25) is 5.91 Å². The number of aromatic nitrogens is 2. The molecule has 0 spiro atoms. The SMILES string of the molecule is COc1ccc(C(NC(=O)C(C)C)c2nccn2C)cc1. The van der Waals surface area contributed by atoms with E-state index in [9.17, 15) is 4.79 Å². The van der Waals surface area contributed by atoms with Crippen molar-refractivity contribution in [3.05, 3.63) is 48.0 Å². The third-order valence-corrected chi connectivity index (χ3v) is 3.38. The lowest BCUT2D eigenvalue weighted by atomic mass is 10.0. The highest BCUT2D eigenvalue weighted by Gasteiger charge is 2.21. The number of rotatable bonds is 5. The van der Waals surface area contributed by atoms with Crippen LogP contribution in [0.1, 0.15) is 31.3 Å². The molecule has 0 saturated carbocycles. The molecule has 1 unspecified atom stereocenters. The van der Waals surface area contributed by atoms with E-state index < -0.39 is 0 Å². The maximum absolute atomic E-state index is 12.1. The molecule has 5 nitrogen and oxygen atoms in total. The molecule has 112 valence electrons. The van der Waals surface area contributed by atoms with Crippen LogP contribution in [0.2, 0.25) is 0 Å². The van der Waals surface area contributed by atoms with Crippen molar-refractivity contribution in [3.63, 3.8) is 0 Å². The van der Waals surface area contributed by atoms with Gasteiger partial charge in [0.25, 0.3) is 0 Å². The van der Waals surface area contributed by atoms with Gasteiger partial charge in [-0.3, -0.25) is 4.79 Å². The number of benzene rings is 1. The van der Waals surface area contributed by atoms with Gasteiger partial charge in [0.05, 0.1) is 7.11 Å². The van der Waals surface area contributed by atoms with Crippen molar-refractivity contribution in [2.75, 3.05) is 7.11 Å². The molecule has 1 aromatic carbocycles. The lowest BCUT2D eigenvalue weighted by Crippen LogP contribution is -2.33. The Bertz CT molecular complexity index is 602. The Morgan fingerprint density at radius 1 is 1.29 bits per heavy atom. The van der Waals surface area contributed by atoms with Gasteiger partial charge in [-0.25, -0.2) is 4.98 Å². The van der Waals surface area contributed by atoms with Crippen LogP contribution in [0, 0.1) is 5.92 Å². The van der Waals surface area contributed by atoms with E-state index in [-0.39, 0.29) is 17.9 Å². The topological polar surface area (TPSA) is 56.1 Å². The van der Waals surface area contributed by atoms with E-state index in [2.05, 4.69) is 10.3 Å². The summed E-state index contributed by atoms with van der Waals surface area (Å²) in [5, 5.41) is 3.05.